The maximum Gasteiger partial charge on any atom is 0.0841 e. The zero-order chi connectivity index (χ0) is 13.8. The number of anilines is 2. The molecule has 1 saturated heterocycles. The first-order chi connectivity index (χ1) is 9.04. The predicted octanol–water partition coefficient (Wildman–Crippen LogP) is 0.132. The summed E-state index contributed by atoms with van der Waals surface area (Å²) in [7, 11) is 0. The lowest BCUT2D eigenvalue weighted by Gasteiger charge is -2.24. The minimum atomic E-state index is -0.404. The molecule has 1 aromatic carbocycles. The maximum absolute atomic E-state index is 10.1. The van der Waals surface area contributed by atoms with Crippen molar-refractivity contribution >= 4 is 11.4 Å². The topological polar surface area (TPSA) is 73.0 Å². The monoisotopic (exact) mass is 265 g/mol. The van der Waals surface area contributed by atoms with Crippen LogP contribution in [0.5, 0.6) is 0 Å². The molecule has 0 aromatic heterocycles. The van der Waals surface area contributed by atoms with E-state index in [1.807, 2.05) is 24.3 Å². The van der Waals surface area contributed by atoms with Crippen LogP contribution in [-0.4, -0.2) is 60.0 Å². The quantitative estimate of drug-likeness (QED) is 0.678. The van der Waals surface area contributed by atoms with Crippen LogP contribution >= 0.6 is 0 Å². The molecule has 106 valence electrons. The van der Waals surface area contributed by atoms with Crippen LogP contribution in [0.2, 0.25) is 0 Å². The Hall–Kier alpha value is -1.30. The summed E-state index contributed by atoms with van der Waals surface area (Å²) in [4.78, 5) is 4.26. The molecule has 0 spiro atoms. The molecule has 0 saturated carbocycles. The summed E-state index contributed by atoms with van der Waals surface area (Å²) in [6, 6.07) is 7.71. The number of benzene rings is 1. The molecular formula is C14H23N3O2. The van der Waals surface area contributed by atoms with Crippen molar-refractivity contribution in [3.8, 4) is 0 Å². The molecule has 2 atom stereocenters. The van der Waals surface area contributed by atoms with Crippen molar-refractivity contribution in [2.24, 2.45) is 0 Å². The smallest absolute Gasteiger partial charge is 0.0841 e. The Labute approximate surface area is 114 Å². The van der Waals surface area contributed by atoms with E-state index in [-0.39, 0.29) is 6.10 Å². The van der Waals surface area contributed by atoms with Gasteiger partial charge in [-0.05, 0) is 31.2 Å². The summed E-state index contributed by atoms with van der Waals surface area (Å²) in [5, 5.41) is 19.5. The summed E-state index contributed by atoms with van der Waals surface area (Å²) in [5.41, 5.74) is 7.51. The third kappa shape index (κ3) is 4.09. The second kappa shape index (κ2) is 6.23. The maximum atomic E-state index is 10.1. The van der Waals surface area contributed by atoms with Gasteiger partial charge in [0, 0.05) is 44.1 Å². The van der Waals surface area contributed by atoms with Gasteiger partial charge >= 0.3 is 0 Å². The van der Waals surface area contributed by atoms with Gasteiger partial charge in [0.2, 0.25) is 0 Å². The van der Waals surface area contributed by atoms with E-state index in [0.717, 1.165) is 24.5 Å². The number of nitrogens with zero attached hydrogens (tertiary/aromatic N) is 2. The van der Waals surface area contributed by atoms with Crippen LogP contribution < -0.4 is 10.6 Å². The molecule has 0 radical (unpaired) electrons. The predicted molar refractivity (Wildman–Crippen MR) is 77.2 cm³/mol. The number of aliphatic hydroxyl groups excluding tert-OH is 2. The lowest BCUT2D eigenvalue weighted by atomic mass is 10.2. The normalized spacial score (nSPS) is 23.1. The molecule has 0 aliphatic carbocycles. The van der Waals surface area contributed by atoms with Crippen molar-refractivity contribution in [3.05, 3.63) is 24.3 Å². The van der Waals surface area contributed by atoms with E-state index < -0.39 is 6.10 Å². The highest BCUT2D eigenvalue weighted by molar-refractivity contribution is 5.53. The minimum absolute atomic E-state index is 0.365. The van der Waals surface area contributed by atoms with Crippen molar-refractivity contribution in [2.75, 3.05) is 43.4 Å². The SMILES string of the molecule is CC(O)CN1CCN(c2ccc(N)cc2)CC(O)C1. The van der Waals surface area contributed by atoms with E-state index in [0.29, 0.717) is 19.6 Å². The summed E-state index contributed by atoms with van der Waals surface area (Å²) in [5.74, 6) is 0. The first-order valence-electron chi connectivity index (χ1n) is 6.73. The highest BCUT2D eigenvalue weighted by Gasteiger charge is 2.21. The second-order valence-corrected chi connectivity index (χ2v) is 5.30. The Morgan fingerprint density at radius 1 is 1.26 bits per heavy atom. The van der Waals surface area contributed by atoms with E-state index in [2.05, 4.69) is 9.80 Å². The van der Waals surface area contributed by atoms with Gasteiger partial charge in [0.1, 0.15) is 0 Å². The third-order valence-electron chi connectivity index (χ3n) is 3.37. The van der Waals surface area contributed by atoms with Gasteiger partial charge in [-0.3, -0.25) is 4.90 Å². The van der Waals surface area contributed by atoms with Crippen LogP contribution in [0.25, 0.3) is 0 Å². The highest BCUT2D eigenvalue weighted by Crippen LogP contribution is 2.18. The zero-order valence-electron chi connectivity index (χ0n) is 11.4. The summed E-state index contributed by atoms with van der Waals surface area (Å²) in [6.45, 7) is 5.28. The molecule has 1 aromatic rings. The lowest BCUT2D eigenvalue weighted by molar-refractivity contribution is 0.0907. The Morgan fingerprint density at radius 2 is 1.95 bits per heavy atom. The summed E-state index contributed by atoms with van der Waals surface area (Å²) < 4.78 is 0. The molecule has 2 rings (SSSR count). The van der Waals surface area contributed by atoms with Crippen molar-refractivity contribution in [1.82, 2.24) is 4.90 Å². The number of aliphatic hydroxyl groups is 2. The van der Waals surface area contributed by atoms with E-state index in [4.69, 9.17) is 5.73 Å². The molecule has 0 amide bonds. The van der Waals surface area contributed by atoms with Gasteiger partial charge in [0.15, 0.2) is 0 Å². The average Bonchev–Trinajstić information content (AvgIpc) is 2.51. The molecule has 1 fully saturated rings. The minimum Gasteiger partial charge on any atom is -0.399 e. The molecular weight excluding hydrogens is 242 g/mol. The Bertz CT molecular complexity index is 394. The van der Waals surface area contributed by atoms with Crippen LogP contribution in [0.15, 0.2) is 24.3 Å². The van der Waals surface area contributed by atoms with Crippen LogP contribution in [0.1, 0.15) is 6.92 Å². The van der Waals surface area contributed by atoms with Crippen molar-refractivity contribution in [1.29, 1.82) is 0 Å². The molecule has 19 heavy (non-hydrogen) atoms. The lowest BCUT2D eigenvalue weighted by Crippen LogP contribution is -2.37. The molecule has 2 unspecified atom stereocenters. The van der Waals surface area contributed by atoms with Gasteiger partial charge in [-0.25, -0.2) is 0 Å². The number of hydrogen-bond acceptors (Lipinski definition) is 5. The van der Waals surface area contributed by atoms with Gasteiger partial charge in [-0.15, -0.1) is 0 Å². The first-order valence-corrected chi connectivity index (χ1v) is 6.73. The number of nitrogens with two attached hydrogens (primary N) is 1. The number of hydrogen-bond donors (Lipinski definition) is 3. The van der Waals surface area contributed by atoms with Crippen molar-refractivity contribution < 1.29 is 10.2 Å². The van der Waals surface area contributed by atoms with Crippen LogP contribution in [0.4, 0.5) is 11.4 Å². The van der Waals surface area contributed by atoms with E-state index in [1.165, 1.54) is 0 Å². The number of nitrogen functional groups attached to an aromatic ring is 1. The van der Waals surface area contributed by atoms with Crippen molar-refractivity contribution in [3.63, 3.8) is 0 Å². The van der Waals surface area contributed by atoms with Crippen molar-refractivity contribution in [2.45, 2.75) is 19.1 Å². The molecule has 5 nitrogen and oxygen atoms in total. The fourth-order valence-electron chi connectivity index (χ4n) is 2.51. The Kier molecular flexibility index (Phi) is 4.63. The number of β-amino-alcohol motifs (C(OH)–C–C–N with tert-alkyl or cyclic N) is 2. The third-order valence-corrected chi connectivity index (χ3v) is 3.37. The molecule has 4 N–H and O–H groups in total. The standard InChI is InChI=1S/C14H23N3O2/c1-11(18)8-16-6-7-17(10-14(19)9-16)13-4-2-12(15)3-5-13/h2-5,11,14,18-19H,6-10,15H2,1H3. The Balaban J connectivity index is 2.02. The van der Waals surface area contributed by atoms with E-state index in [9.17, 15) is 10.2 Å². The Morgan fingerprint density at radius 3 is 2.58 bits per heavy atom. The summed E-state index contributed by atoms with van der Waals surface area (Å²) >= 11 is 0. The highest BCUT2D eigenvalue weighted by atomic mass is 16.3. The van der Waals surface area contributed by atoms with Crippen LogP contribution in [0.3, 0.4) is 0 Å². The van der Waals surface area contributed by atoms with Crippen LogP contribution in [-0.2, 0) is 0 Å². The molecule has 0 bridgehead atoms. The molecule has 1 heterocycles. The van der Waals surface area contributed by atoms with Gasteiger partial charge < -0.3 is 20.8 Å². The average molecular weight is 265 g/mol. The molecule has 1 aliphatic rings. The van der Waals surface area contributed by atoms with E-state index >= 15 is 0 Å². The largest absolute Gasteiger partial charge is 0.399 e. The van der Waals surface area contributed by atoms with Gasteiger partial charge in [-0.2, -0.15) is 0 Å². The number of rotatable bonds is 3. The van der Waals surface area contributed by atoms with E-state index in [1.54, 1.807) is 6.92 Å². The van der Waals surface area contributed by atoms with Gasteiger partial charge in [0.25, 0.3) is 0 Å². The molecule has 5 heteroatoms. The first kappa shape index (κ1) is 14.1. The van der Waals surface area contributed by atoms with Crippen LogP contribution in [0, 0.1) is 0 Å². The molecule has 1 aliphatic heterocycles. The second-order valence-electron chi connectivity index (χ2n) is 5.30. The zero-order valence-corrected chi connectivity index (χ0v) is 11.4. The van der Waals surface area contributed by atoms with Gasteiger partial charge in [0.05, 0.1) is 12.2 Å². The fourth-order valence-corrected chi connectivity index (χ4v) is 2.51. The van der Waals surface area contributed by atoms with Gasteiger partial charge in [-0.1, -0.05) is 0 Å². The summed E-state index contributed by atoms with van der Waals surface area (Å²) in [6.07, 6.45) is -0.769. The fraction of sp³-hybridized carbons (Fsp3) is 0.571.